The SMILES string of the molecule is CCCCCCOc1ccc(C)c(F)c1F.CCCCCCOc1ccc(C)c(F)c1F.CCCCCOc1ccc(C)c(F)c1F.CCCCCOc1ccc(C)c(F)c1F.CCCCOc1ccc(C)c(F)c1F.CCCCOc1ccc(C)c(F)c1F.CCCCOc1ccc(C)c(F)c1F.CCCOc1ccc(C)c(F)c1F.CCCOc1ccc(C)c(F)c1F. The highest BCUT2D eigenvalue weighted by molar-refractivity contribution is 5.37. The Labute approximate surface area is 759 Å². The van der Waals surface area contributed by atoms with Crippen LogP contribution in [0.15, 0.2) is 109 Å². The normalized spacial score (nSPS) is 10.3. The lowest BCUT2D eigenvalue weighted by Crippen LogP contribution is -2.01. The summed E-state index contributed by atoms with van der Waals surface area (Å²) >= 11 is 0. The lowest BCUT2D eigenvalue weighted by atomic mass is 10.2. The molecule has 9 aromatic rings. The first kappa shape index (κ1) is 118. The number of hydrogen-bond acceptors (Lipinski definition) is 9. The van der Waals surface area contributed by atoms with E-state index < -0.39 is 105 Å². The molecule has 0 aliphatic rings. The van der Waals surface area contributed by atoms with Crippen molar-refractivity contribution in [1.29, 1.82) is 0 Å². The maximum atomic E-state index is 13.3. The summed E-state index contributed by atoms with van der Waals surface area (Å²) in [6.07, 6.45) is 21.4. The van der Waals surface area contributed by atoms with Gasteiger partial charge >= 0.3 is 0 Å². The Balaban J connectivity index is 0.000000732. The van der Waals surface area contributed by atoms with Gasteiger partial charge in [-0.15, -0.1) is 0 Å². The minimum atomic E-state index is -0.895. The van der Waals surface area contributed by atoms with Crippen molar-refractivity contribution in [2.24, 2.45) is 0 Å². The molecule has 0 amide bonds. The molecule has 0 bridgehead atoms. The van der Waals surface area contributed by atoms with Crippen LogP contribution in [0.2, 0.25) is 0 Å². The topological polar surface area (TPSA) is 83.1 Å². The number of rotatable bonds is 40. The third kappa shape index (κ3) is 43.8. The Morgan fingerprint density at radius 2 is 0.246 bits per heavy atom. The first-order valence-electron chi connectivity index (χ1n) is 44.6. The number of halogens is 18. The fourth-order valence-corrected chi connectivity index (χ4v) is 10.6. The standard InChI is InChI=1S/2C13H18F2O.2C12H16F2O.3C11H14F2O.2C10H12F2O/c2*1-3-4-5-6-9-16-11-8-7-10(2)12(14)13(11)15;2*1-3-4-5-8-15-10-7-6-9(2)11(13)12(10)14;3*1-3-4-7-14-9-6-5-8(2)10(12)11(9)13;2*1-3-6-13-8-5-4-7(2)9(11)10(8)12/h2*7-8H,3-6,9H2,1-2H3;2*6-7H,3-5,8H2,1-2H3;3*5-6H,3-4,7H2,1-2H3;2*4-5H,3,6H2,1-2H3. The molecule has 0 spiro atoms. The van der Waals surface area contributed by atoms with Crippen LogP contribution < -0.4 is 42.6 Å². The van der Waals surface area contributed by atoms with E-state index >= 15 is 0 Å². The molecule has 9 rings (SSSR count). The summed E-state index contributed by atoms with van der Waals surface area (Å²) in [6.45, 7) is 35.8. The lowest BCUT2D eigenvalue weighted by Gasteiger charge is -2.08. The molecule has 0 atom stereocenters. The van der Waals surface area contributed by atoms with Crippen molar-refractivity contribution >= 4 is 0 Å². The van der Waals surface area contributed by atoms with Crippen LogP contribution in [-0.2, 0) is 0 Å². The number of benzene rings is 9. The molecule has 0 heterocycles. The van der Waals surface area contributed by atoms with Crippen molar-refractivity contribution in [3.63, 3.8) is 0 Å². The van der Waals surface area contributed by atoms with Crippen molar-refractivity contribution in [2.45, 2.75) is 266 Å². The molecule has 27 heteroatoms. The molecule has 0 aromatic heterocycles. The molecule has 0 saturated heterocycles. The van der Waals surface area contributed by atoms with Gasteiger partial charge in [-0.05, 0) is 225 Å². The van der Waals surface area contributed by atoms with Gasteiger partial charge in [-0.25, -0.2) is 39.5 Å². The highest BCUT2D eigenvalue weighted by atomic mass is 19.2. The third-order valence-electron chi connectivity index (χ3n) is 18.9. The van der Waals surface area contributed by atoms with E-state index in [0.717, 1.165) is 141 Å². The Morgan fingerprint density at radius 1 is 0.131 bits per heavy atom. The molecule has 0 saturated carbocycles. The first-order valence-corrected chi connectivity index (χ1v) is 44.6. The molecule has 130 heavy (non-hydrogen) atoms. The van der Waals surface area contributed by atoms with E-state index in [1.54, 1.807) is 0 Å². The summed E-state index contributed by atoms with van der Waals surface area (Å²) in [5.74, 6) is -15.3. The summed E-state index contributed by atoms with van der Waals surface area (Å²) in [5, 5.41) is 0. The highest BCUT2D eigenvalue weighted by Gasteiger charge is 2.20. The quantitative estimate of drug-likeness (QED) is 0.0275. The molecule has 0 unspecified atom stereocenters. The zero-order valence-corrected chi connectivity index (χ0v) is 78.8. The van der Waals surface area contributed by atoms with Gasteiger partial charge in [0.25, 0.3) is 0 Å². The van der Waals surface area contributed by atoms with Crippen molar-refractivity contribution in [2.75, 3.05) is 59.5 Å². The number of hydrogen-bond donors (Lipinski definition) is 0. The van der Waals surface area contributed by atoms with E-state index in [1.165, 1.54) is 172 Å². The van der Waals surface area contributed by atoms with Gasteiger partial charge in [0, 0.05) is 0 Å². The van der Waals surface area contributed by atoms with E-state index in [9.17, 15) is 79.0 Å². The van der Waals surface area contributed by atoms with Gasteiger partial charge in [0.05, 0.1) is 59.5 Å². The number of aryl methyl sites for hydroxylation is 9. The Hall–Kier alpha value is -10.1. The van der Waals surface area contributed by atoms with Gasteiger partial charge in [-0.3, -0.25) is 0 Å². The van der Waals surface area contributed by atoms with Gasteiger partial charge < -0.3 is 42.6 Å². The van der Waals surface area contributed by atoms with E-state index in [4.69, 9.17) is 42.6 Å². The Bertz CT molecular complexity index is 4340. The lowest BCUT2D eigenvalue weighted by molar-refractivity contribution is 0.285. The van der Waals surface area contributed by atoms with Crippen molar-refractivity contribution in [1.82, 2.24) is 0 Å². The molecule has 0 fully saturated rings. The maximum Gasteiger partial charge on any atom is 0.200 e. The zero-order valence-electron chi connectivity index (χ0n) is 78.8. The third-order valence-corrected chi connectivity index (χ3v) is 18.9. The van der Waals surface area contributed by atoms with Gasteiger partial charge in [-0.1, -0.05) is 200 Å². The van der Waals surface area contributed by atoms with Crippen LogP contribution in [0.3, 0.4) is 0 Å². The van der Waals surface area contributed by atoms with Crippen LogP contribution in [0.5, 0.6) is 51.7 Å². The average molecular weight is 1860 g/mol. The molecule has 0 aliphatic carbocycles. The molecule has 0 aliphatic heterocycles. The fraction of sp³-hybridized carbons (Fsp3) is 0.476. The van der Waals surface area contributed by atoms with Gasteiger partial charge in [0.1, 0.15) is 0 Å². The van der Waals surface area contributed by atoms with Crippen LogP contribution >= 0.6 is 0 Å². The van der Waals surface area contributed by atoms with Crippen LogP contribution in [0.25, 0.3) is 0 Å². The molecular weight excluding hydrogens is 1720 g/mol. The Morgan fingerprint density at radius 3 is 0.377 bits per heavy atom. The van der Waals surface area contributed by atoms with Crippen molar-refractivity contribution < 1.29 is 122 Å². The highest BCUT2D eigenvalue weighted by Crippen LogP contribution is 2.31. The second-order valence-corrected chi connectivity index (χ2v) is 30.3. The predicted octanol–water partition coefficient (Wildman–Crippen LogP) is 32.6. The zero-order chi connectivity index (χ0) is 97.8. The largest absolute Gasteiger partial charge is 0.490 e. The van der Waals surface area contributed by atoms with Crippen LogP contribution in [0, 0.1) is 167 Å². The summed E-state index contributed by atoms with van der Waals surface area (Å²) in [4.78, 5) is 0. The first-order chi connectivity index (χ1) is 62.0. The number of unbranched alkanes of at least 4 members (excludes halogenated alkanes) is 13. The summed E-state index contributed by atoms with van der Waals surface area (Å²) in [7, 11) is 0. The Kier molecular flexibility index (Phi) is 61.7. The molecule has 9 nitrogen and oxygen atoms in total. The smallest absolute Gasteiger partial charge is 0.200 e. The maximum absolute atomic E-state index is 13.3. The predicted molar refractivity (Wildman–Crippen MR) is 482 cm³/mol. The monoisotopic (exact) mass is 1860 g/mol. The van der Waals surface area contributed by atoms with Crippen LogP contribution in [0.1, 0.15) is 254 Å². The second-order valence-electron chi connectivity index (χ2n) is 30.3. The minimum Gasteiger partial charge on any atom is -0.490 e. The van der Waals surface area contributed by atoms with E-state index in [0.29, 0.717) is 110 Å². The molecule has 726 valence electrons. The van der Waals surface area contributed by atoms with Crippen molar-refractivity contribution in [3.05, 3.63) is 264 Å². The average Bonchev–Trinajstić information content (AvgIpc) is 0.913. The van der Waals surface area contributed by atoms with E-state index in [-0.39, 0.29) is 51.7 Å². The van der Waals surface area contributed by atoms with E-state index in [1.807, 2.05) is 34.6 Å². The molecule has 9 aromatic carbocycles. The summed E-state index contributed by atoms with van der Waals surface area (Å²) in [5.41, 5.74) is 2.68. The van der Waals surface area contributed by atoms with E-state index in [2.05, 4.69) is 27.7 Å². The van der Waals surface area contributed by atoms with Gasteiger partial charge in [-0.2, -0.15) is 39.5 Å². The summed E-state index contributed by atoms with van der Waals surface area (Å²) in [6, 6.07) is 26.8. The molecular formula is C103H134F18O9. The van der Waals surface area contributed by atoms with Gasteiger partial charge in [0.2, 0.25) is 52.4 Å². The molecule has 0 N–H and O–H groups in total. The van der Waals surface area contributed by atoms with Gasteiger partial charge in [0.15, 0.2) is 104 Å². The second kappa shape index (κ2) is 68.0. The van der Waals surface area contributed by atoms with Crippen LogP contribution in [-0.4, -0.2) is 59.5 Å². The fourth-order valence-electron chi connectivity index (χ4n) is 10.6. The summed E-state index contributed by atoms with van der Waals surface area (Å²) < 4.78 is 283. The van der Waals surface area contributed by atoms with Crippen LogP contribution in [0.4, 0.5) is 79.0 Å². The minimum absolute atomic E-state index is 0.00144. The van der Waals surface area contributed by atoms with Crippen molar-refractivity contribution in [3.8, 4) is 51.7 Å². The molecule has 0 radical (unpaired) electrons. The number of ether oxygens (including phenoxy) is 9.